The van der Waals surface area contributed by atoms with Gasteiger partial charge in [0.2, 0.25) is 0 Å². The third-order valence-corrected chi connectivity index (χ3v) is 4.99. The minimum absolute atomic E-state index is 0. The van der Waals surface area contributed by atoms with Crippen molar-refractivity contribution in [3.63, 3.8) is 0 Å². The predicted octanol–water partition coefficient (Wildman–Crippen LogP) is 6.17. The third kappa shape index (κ3) is 6.74. The lowest BCUT2D eigenvalue weighted by molar-refractivity contribution is 0.453. The molecule has 0 radical (unpaired) electrons. The van der Waals surface area contributed by atoms with E-state index in [4.69, 9.17) is 5.26 Å². The second-order valence-corrected chi connectivity index (χ2v) is 7.14. The lowest BCUT2D eigenvalue weighted by atomic mass is 10.1. The molecule has 3 aromatic rings. The van der Waals surface area contributed by atoms with Gasteiger partial charge in [-0.25, -0.2) is 4.98 Å². The van der Waals surface area contributed by atoms with Gasteiger partial charge in [0, 0.05) is 6.54 Å². The molecule has 0 saturated carbocycles. The molecule has 4 nitrogen and oxygen atoms in total. The van der Waals surface area contributed by atoms with E-state index in [1.807, 2.05) is 36.5 Å². The van der Waals surface area contributed by atoms with Crippen LogP contribution in [0.2, 0.25) is 0 Å². The molecule has 0 aliphatic rings. The van der Waals surface area contributed by atoms with Crippen molar-refractivity contribution in [1.82, 2.24) is 15.3 Å². The quantitative estimate of drug-likeness (QED) is 0.394. The summed E-state index contributed by atoms with van der Waals surface area (Å²) in [6.45, 7) is 3.06. The molecule has 2 N–H and O–H groups in total. The van der Waals surface area contributed by atoms with Gasteiger partial charge in [0.15, 0.2) is 0 Å². The molecule has 0 amide bonds. The molecular formula is C24H29ClN4. The number of aromatic nitrogens is 2. The van der Waals surface area contributed by atoms with Crippen LogP contribution in [0, 0.1) is 11.3 Å². The zero-order chi connectivity index (χ0) is 19.6. The minimum Gasteiger partial charge on any atom is -0.341 e. The van der Waals surface area contributed by atoms with Crippen molar-refractivity contribution in [3.8, 4) is 17.3 Å². The zero-order valence-corrected chi connectivity index (χ0v) is 17.7. The highest BCUT2D eigenvalue weighted by molar-refractivity contribution is 5.85. The van der Waals surface area contributed by atoms with Crippen molar-refractivity contribution >= 4 is 12.4 Å². The average Bonchev–Trinajstić information content (AvgIpc) is 3.24. The summed E-state index contributed by atoms with van der Waals surface area (Å²) < 4.78 is 0. The third-order valence-electron chi connectivity index (χ3n) is 4.99. The predicted molar refractivity (Wildman–Crippen MR) is 121 cm³/mol. The SMILES string of the molecule is CCCCCC[C@@H](NCc1ccccc1)c1ncc(-c2ccc(C#N)cc2)[nH]1.Cl. The molecule has 0 bridgehead atoms. The van der Waals surface area contributed by atoms with Gasteiger partial charge in [0.1, 0.15) is 5.82 Å². The van der Waals surface area contributed by atoms with Crippen LogP contribution in [0.1, 0.15) is 62.0 Å². The highest BCUT2D eigenvalue weighted by Crippen LogP contribution is 2.23. The van der Waals surface area contributed by atoms with E-state index in [9.17, 15) is 0 Å². The van der Waals surface area contributed by atoms with E-state index in [0.29, 0.717) is 5.56 Å². The van der Waals surface area contributed by atoms with Crippen LogP contribution in [-0.4, -0.2) is 9.97 Å². The summed E-state index contributed by atoms with van der Waals surface area (Å²) in [6, 6.07) is 20.4. The Morgan fingerprint density at radius 2 is 1.79 bits per heavy atom. The number of hydrogen-bond donors (Lipinski definition) is 2. The molecule has 1 heterocycles. The molecule has 1 aromatic heterocycles. The van der Waals surface area contributed by atoms with Crippen molar-refractivity contribution in [1.29, 1.82) is 5.26 Å². The van der Waals surface area contributed by atoms with Gasteiger partial charge in [-0.3, -0.25) is 0 Å². The molecule has 29 heavy (non-hydrogen) atoms. The summed E-state index contributed by atoms with van der Waals surface area (Å²) in [5, 5.41) is 12.6. The number of halogens is 1. The summed E-state index contributed by atoms with van der Waals surface area (Å²) in [7, 11) is 0. The maximum Gasteiger partial charge on any atom is 0.123 e. The summed E-state index contributed by atoms with van der Waals surface area (Å²) in [5.41, 5.74) is 3.98. The molecule has 0 unspecified atom stereocenters. The first-order chi connectivity index (χ1) is 13.8. The number of benzene rings is 2. The Kier molecular flexibility index (Phi) is 9.43. The van der Waals surface area contributed by atoms with Crippen molar-refractivity contribution in [2.45, 2.75) is 51.6 Å². The number of rotatable bonds is 10. The van der Waals surface area contributed by atoms with Crippen LogP contribution in [0.25, 0.3) is 11.3 Å². The molecule has 152 valence electrons. The fraction of sp³-hybridized carbons (Fsp3) is 0.333. The number of nitrogens with one attached hydrogen (secondary N) is 2. The van der Waals surface area contributed by atoms with Crippen LogP contribution in [0.4, 0.5) is 0 Å². The Balaban J connectivity index is 0.00000300. The topological polar surface area (TPSA) is 64.5 Å². The molecule has 0 aliphatic heterocycles. The molecule has 0 aliphatic carbocycles. The van der Waals surface area contributed by atoms with E-state index in [1.165, 1.54) is 31.2 Å². The average molecular weight is 409 g/mol. The number of imidazole rings is 1. The summed E-state index contributed by atoms with van der Waals surface area (Å²) in [5.74, 6) is 0.979. The fourth-order valence-electron chi connectivity index (χ4n) is 3.33. The van der Waals surface area contributed by atoms with Gasteiger partial charge in [-0.2, -0.15) is 5.26 Å². The second kappa shape index (κ2) is 12.1. The van der Waals surface area contributed by atoms with Crippen molar-refractivity contribution < 1.29 is 0 Å². The van der Waals surface area contributed by atoms with Crippen molar-refractivity contribution in [2.75, 3.05) is 0 Å². The van der Waals surface area contributed by atoms with Gasteiger partial charge in [-0.15, -0.1) is 12.4 Å². The van der Waals surface area contributed by atoms with Gasteiger partial charge in [0.25, 0.3) is 0 Å². The van der Waals surface area contributed by atoms with E-state index in [1.54, 1.807) is 0 Å². The smallest absolute Gasteiger partial charge is 0.123 e. The molecule has 2 aromatic carbocycles. The second-order valence-electron chi connectivity index (χ2n) is 7.14. The van der Waals surface area contributed by atoms with Crippen LogP contribution in [0.15, 0.2) is 60.8 Å². The Hall–Kier alpha value is -2.61. The number of aromatic amines is 1. The minimum atomic E-state index is 0. The monoisotopic (exact) mass is 408 g/mol. The number of H-pyrrole nitrogens is 1. The van der Waals surface area contributed by atoms with Crippen molar-refractivity contribution in [2.24, 2.45) is 0 Å². The van der Waals surface area contributed by atoms with Gasteiger partial charge in [-0.05, 0) is 29.7 Å². The first kappa shape index (κ1) is 22.7. The number of nitriles is 1. The Morgan fingerprint density at radius 1 is 1.03 bits per heavy atom. The van der Waals surface area contributed by atoms with Gasteiger partial charge in [0.05, 0.1) is 29.6 Å². The first-order valence-corrected chi connectivity index (χ1v) is 10.1. The van der Waals surface area contributed by atoms with E-state index in [2.05, 4.69) is 52.5 Å². The van der Waals surface area contributed by atoms with E-state index >= 15 is 0 Å². The van der Waals surface area contributed by atoms with Crippen molar-refractivity contribution in [3.05, 3.63) is 77.7 Å². The summed E-state index contributed by atoms with van der Waals surface area (Å²) in [6.07, 6.45) is 7.91. The van der Waals surface area contributed by atoms with Crippen LogP contribution >= 0.6 is 12.4 Å². The van der Waals surface area contributed by atoms with Crippen LogP contribution in [0.5, 0.6) is 0 Å². The van der Waals surface area contributed by atoms with E-state index < -0.39 is 0 Å². The number of unbranched alkanes of at least 4 members (excludes halogenated alkanes) is 3. The fourth-order valence-corrected chi connectivity index (χ4v) is 3.33. The van der Waals surface area contributed by atoms with Crippen LogP contribution in [-0.2, 0) is 6.54 Å². The number of hydrogen-bond acceptors (Lipinski definition) is 3. The molecule has 0 spiro atoms. The Morgan fingerprint density at radius 3 is 2.48 bits per heavy atom. The molecule has 1 atom stereocenters. The largest absolute Gasteiger partial charge is 0.341 e. The first-order valence-electron chi connectivity index (χ1n) is 10.1. The van der Waals surface area contributed by atoms with E-state index in [-0.39, 0.29) is 18.4 Å². The normalized spacial score (nSPS) is 11.4. The van der Waals surface area contributed by atoms with Crippen LogP contribution < -0.4 is 5.32 Å². The molecule has 3 rings (SSSR count). The molecule has 0 saturated heterocycles. The molecule has 0 fully saturated rings. The standard InChI is InChI=1S/C24H28N4.ClH/c1-2-3-4-8-11-22(26-17-20-9-6-5-7-10-20)24-27-18-23(28-24)21-14-12-19(16-25)13-15-21;/h5-7,9-10,12-15,18,22,26H,2-4,8,11,17H2,1H3,(H,27,28);1H/t22-;/m1./s1. The van der Waals surface area contributed by atoms with Gasteiger partial charge >= 0.3 is 0 Å². The van der Waals surface area contributed by atoms with Crippen LogP contribution in [0.3, 0.4) is 0 Å². The zero-order valence-electron chi connectivity index (χ0n) is 16.9. The molecular weight excluding hydrogens is 380 g/mol. The highest BCUT2D eigenvalue weighted by atomic mass is 35.5. The Bertz CT molecular complexity index is 881. The summed E-state index contributed by atoms with van der Waals surface area (Å²) >= 11 is 0. The van der Waals surface area contributed by atoms with E-state index in [0.717, 1.165) is 30.0 Å². The van der Waals surface area contributed by atoms with Gasteiger partial charge < -0.3 is 10.3 Å². The maximum absolute atomic E-state index is 8.97. The highest BCUT2D eigenvalue weighted by Gasteiger charge is 2.15. The van der Waals surface area contributed by atoms with Gasteiger partial charge in [-0.1, -0.05) is 75.1 Å². The lowest BCUT2D eigenvalue weighted by Gasteiger charge is -2.17. The number of nitrogens with zero attached hydrogens (tertiary/aromatic N) is 2. The lowest BCUT2D eigenvalue weighted by Crippen LogP contribution is -2.22. The Labute approximate surface area is 179 Å². The maximum atomic E-state index is 8.97. The summed E-state index contributed by atoms with van der Waals surface area (Å²) in [4.78, 5) is 8.15. The molecule has 5 heteroatoms.